The van der Waals surface area contributed by atoms with Crippen LogP contribution in [0.4, 0.5) is 0 Å². The Labute approximate surface area is 132 Å². The van der Waals surface area contributed by atoms with Crippen molar-refractivity contribution >= 4 is 33.2 Å². The Morgan fingerprint density at radius 1 is 1.30 bits per heavy atom. The number of hydrogen-bond donors (Lipinski definition) is 0. The molecule has 106 valence electrons. The summed E-state index contributed by atoms with van der Waals surface area (Å²) >= 11 is 5.21. The highest BCUT2D eigenvalue weighted by Gasteiger charge is 2.21. The van der Waals surface area contributed by atoms with Crippen molar-refractivity contribution in [2.45, 2.75) is 33.4 Å². The number of hydrogen-bond acceptors (Lipinski definition) is 2. The standard InChI is InChI=1S/C16H18BrNOS/c1-11(2)18(10-13-7-5-9-20-13)16(19)14-8-4-6-12(3)15(14)17/h4-9,11H,10H2,1-3H3. The van der Waals surface area contributed by atoms with E-state index >= 15 is 0 Å². The van der Waals surface area contributed by atoms with Gasteiger partial charge in [-0.05, 0) is 59.8 Å². The molecule has 20 heavy (non-hydrogen) atoms. The summed E-state index contributed by atoms with van der Waals surface area (Å²) in [6, 6.07) is 10.1. The number of carbonyl (C=O) groups excluding carboxylic acids is 1. The second-order valence-electron chi connectivity index (χ2n) is 5.04. The Morgan fingerprint density at radius 2 is 2.05 bits per heavy atom. The minimum absolute atomic E-state index is 0.0731. The van der Waals surface area contributed by atoms with Crippen LogP contribution in [0, 0.1) is 6.92 Å². The summed E-state index contributed by atoms with van der Waals surface area (Å²) in [6.45, 7) is 6.76. The summed E-state index contributed by atoms with van der Waals surface area (Å²) in [5.74, 6) is 0.0731. The van der Waals surface area contributed by atoms with Crippen molar-refractivity contribution in [3.63, 3.8) is 0 Å². The van der Waals surface area contributed by atoms with E-state index in [2.05, 4.69) is 35.8 Å². The number of benzene rings is 1. The third-order valence-corrected chi connectivity index (χ3v) is 5.13. The smallest absolute Gasteiger partial charge is 0.255 e. The lowest BCUT2D eigenvalue weighted by Gasteiger charge is -2.27. The molecular formula is C16H18BrNOS. The topological polar surface area (TPSA) is 20.3 Å². The zero-order valence-electron chi connectivity index (χ0n) is 11.9. The highest BCUT2D eigenvalue weighted by atomic mass is 79.9. The molecule has 1 aromatic heterocycles. The Hall–Kier alpha value is -1.13. The van der Waals surface area contributed by atoms with Gasteiger partial charge in [0.2, 0.25) is 0 Å². The average Bonchev–Trinajstić information content (AvgIpc) is 2.91. The van der Waals surface area contributed by atoms with Crippen LogP contribution < -0.4 is 0 Å². The Kier molecular flexibility index (Phi) is 5.00. The summed E-state index contributed by atoms with van der Waals surface area (Å²) < 4.78 is 0.891. The maximum atomic E-state index is 12.8. The molecule has 0 aliphatic carbocycles. The predicted octanol–water partition coefficient (Wildman–Crippen LogP) is 4.87. The SMILES string of the molecule is Cc1cccc(C(=O)N(Cc2cccs2)C(C)C)c1Br. The molecule has 2 aromatic rings. The fraction of sp³-hybridized carbons (Fsp3) is 0.312. The monoisotopic (exact) mass is 351 g/mol. The van der Waals surface area contributed by atoms with Gasteiger partial charge < -0.3 is 4.90 Å². The van der Waals surface area contributed by atoms with Crippen LogP contribution >= 0.6 is 27.3 Å². The molecule has 0 spiro atoms. The van der Waals surface area contributed by atoms with Crippen molar-refractivity contribution in [3.05, 3.63) is 56.2 Å². The first-order chi connectivity index (χ1) is 9.50. The molecule has 0 aliphatic heterocycles. The lowest BCUT2D eigenvalue weighted by atomic mass is 10.1. The van der Waals surface area contributed by atoms with E-state index in [0.717, 1.165) is 15.6 Å². The average molecular weight is 352 g/mol. The van der Waals surface area contributed by atoms with Crippen LogP contribution in [0.25, 0.3) is 0 Å². The third kappa shape index (κ3) is 3.30. The van der Waals surface area contributed by atoms with Gasteiger partial charge in [0.1, 0.15) is 0 Å². The molecule has 4 heteroatoms. The van der Waals surface area contributed by atoms with E-state index in [9.17, 15) is 4.79 Å². The van der Waals surface area contributed by atoms with Crippen molar-refractivity contribution in [2.24, 2.45) is 0 Å². The summed E-state index contributed by atoms with van der Waals surface area (Å²) in [5.41, 5.74) is 1.81. The second kappa shape index (κ2) is 6.55. The molecule has 1 heterocycles. The molecule has 0 radical (unpaired) electrons. The molecule has 0 bridgehead atoms. The van der Waals surface area contributed by atoms with E-state index in [1.54, 1.807) is 11.3 Å². The second-order valence-corrected chi connectivity index (χ2v) is 6.87. The van der Waals surface area contributed by atoms with Crippen molar-refractivity contribution in [3.8, 4) is 0 Å². The van der Waals surface area contributed by atoms with Gasteiger partial charge >= 0.3 is 0 Å². The summed E-state index contributed by atoms with van der Waals surface area (Å²) in [5, 5.41) is 2.04. The van der Waals surface area contributed by atoms with Gasteiger partial charge in [-0.2, -0.15) is 0 Å². The van der Waals surface area contributed by atoms with Crippen LogP contribution in [0.2, 0.25) is 0 Å². The van der Waals surface area contributed by atoms with Crippen LogP contribution in [0.15, 0.2) is 40.2 Å². The van der Waals surface area contributed by atoms with Gasteiger partial charge in [0, 0.05) is 15.4 Å². The van der Waals surface area contributed by atoms with Gasteiger partial charge in [0.25, 0.3) is 5.91 Å². The minimum atomic E-state index is 0.0731. The lowest BCUT2D eigenvalue weighted by molar-refractivity contribution is 0.0691. The van der Waals surface area contributed by atoms with Gasteiger partial charge in [-0.25, -0.2) is 0 Å². The van der Waals surface area contributed by atoms with Crippen molar-refractivity contribution in [2.75, 3.05) is 0 Å². The number of halogens is 1. The van der Waals surface area contributed by atoms with Crippen LogP contribution in [0.3, 0.4) is 0 Å². The van der Waals surface area contributed by atoms with Gasteiger partial charge in [-0.1, -0.05) is 18.2 Å². The molecule has 1 amide bonds. The first-order valence-corrected chi connectivity index (χ1v) is 8.26. The molecule has 0 N–H and O–H groups in total. The van der Waals surface area contributed by atoms with Crippen molar-refractivity contribution < 1.29 is 4.79 Å². The molecule has 1 aromatic carbocycles. The van der Waals surface area contributed by atoms with Crippen LogP contribution in [0.1, 0.15) is 34.6 Å². The number of nitrogens with zero attached hydrogens (tertiary/aromatic N) is 1. The number of rotatable bonds is 4. The highest BCUT2D eigenvalue weighted by molar-refractivity contribution is 9.10. The number of thiophene rings is 1. The molecule has 0 fully saturated rings. The lowest BCUT2D eigenvalue weighted by Crippen LogP contribution is -2.36. The molecule has 0 saturated heterocycles. The first-order valence-electron chi connectivity index (χ1n) is 6.59. The Bertz CT molecular complexity index is 593. The van der Waals surface area contributed by atoms with Gasteiger partial charge in [-0.3, -0.25) is 4.79 Å². The van der Waals surface area contributed by atoms with E-state index in [1.165, 1.54) is 4.88 Å². The summed E-state index contributed by atoms with van der Waals surface area (Å²) in [7, 11) is 0. The Morgan fingerprint density at radius 3 is 2.65 bits per heavy atom. The molecule has 0 unspecified atom stereocenters. The van der Waals surface area contributed by atoms with Crippen LogP contribution in [-0.2, 0) is 6.54 Å². The maximum absolute atomic E-state index is 12.8. The van der Waals surface area contributed by atoms with Gasteiger partial charge in [0.15, 0.2) is 0 Å². The number of aryl methyl sites for hydroxylation is 1. The van der Waals surface area contributed by atoms with E-state index in [-0.39, 0.29) is 11.9 Å². The van der Waals surface area contributed by atoms with E-state index in [4.69, 9.17) is 0 Å². The highest BCUT2D eigenvalue weighted by Crippen LogP contribution is 2.24. The van der Waals surface area contributed by atoms with Crippen LogP contribution in [0.5, 0.6) is 0 Å². The summed E-state index contributed by atoms with van der Waals surface area (Å²) in [4.78, 5) is 15.9. The fourth-order valence-corrected chi connectivity index (χ4v) is 3.16. The zero-order valence-corrected chi connectivity index (χ0v) is 14.3. The Balaban J connectivity index is 2.29. The normalized spacial score (nSPS) is 10.8. The number of amides is 1. The molecule has 0 atom stereocenters. The van der Waals surface area contributed by atoms with E-state index in [1.807, 2.05) is 41.5 Å². The molecular weight excluding hydrogens is 334 g/mol. The predicted molar refractivity (Wildman–Crippen MR) is 88.2 cm³/mol. The minimum Gasteiger partial charge on any atom is -0.331 e. The van der Waals surface area contributed by atoms with Crippen molar-refractivity contribution in [1.82, 2.24) is 4.90 Å². The molecule has 0 saturated carbocycles. The zero-order chi connectivity index (χ0) is 14.7. The van der Waals surface area contributed by atoms with Crippen LogP contribution in [-0.4, -0.2) is 16.8 Å². The fourth-order valence-electron chi connectivity index (χ4n) is 2.03. The van der Waals surface area contributed by atoms with Gasteiger partial charge in [0.05, 0.1) is 12.1 Å². The van der Waals surface area contributed by atoms with Crippen molar-refractivity contribution in [1.29, 1.82) is 0 Å². The third-order valence-electron chi connectivity index (χ3n) is 3.21. The quantitative estimate of drug-likeness (QED) is 0.769. The molecule has 2 nitrogen and oxygen atoms in total. The van der Waals surface area contributed by atoms with E-state index in [0.29, 0.717) is 6.54 Å². The first kappa shape index (κ1) is 15.3. The van der Waals surface area contributed by atoms with Gasteiger partial charge in [-0.15, -0.1) is 11.3 Å². The molecule has 2 rings (SSSR count). The summed E-state index contributed by atoms with van der Waals surface area (Å²) in [6.07, 6.45) is 0. The molecule has 0 aliphatic rings. The van der Waals surface area contributed by atoms with E-state index < -0.39 is 0 Å². The maximum Gasteiger partial charge on any atom is 0.255 e. The largest absolute Gasteiger partial charge is 0.331 e. The number of carbonyl (C=O) groups is 1.